The second-order valence-corrected chi connectivity index (χ2v) is 38.6. The predicted octanol–water partition coefficient (Wildman–Crippen LogP) is 18.7. The zero-order chi connectivity index (χ0) is 89.5. The van der Waals surface area contributed by atoms with Crippen LogP contribution < -0.4 is 19.6 Å². The largest absolute Gasteiger partial charge is 0.395 e. The molecule has 9 fully saturated rings. The lowest BCUT2D eigenvalue weighted by Crippen LogP contribution is -2.50. The van der Waals surface area contributed by atoms with Gasteiger partial charge in [0.1, 0.15) is 5.82 Å². The number of aromatic nitrogens is 4. The van der Waals surface area contributed by atoms with E-state index in [-0.39, 0.29) is 12.6 Å². The third-order valence-electron chi connectivity index (χ3n) is 27.6. The maximum atomic E-state index is 9.15. The lowest BCUT2D eigenvalue weighted by Gasteiger charge is -2.38. The van der Waals surface area contributed by atoms with Crippen LogP contribution in [0.5, 0.6) is 0 Å². The molecule has 0 radical (unpaired) electrons. The Balaban J connectivity index is 0.000000150. The Hall–Kier alpha value is -7.50. The van der Waals surface area contributed by atoms with Crippen molar-refractivity contribution < 1.29 is 9.84 Å². The predicted molar refractivity (Wildman–Crippen MR) is 536 cm³/mol. The van der Waals surface area contributed by atoms with Gasteiger partial charge in [-0.3, -0.25) is 34.6 Å². The number of likely N-dealkylation sites (N-methyl/N-ethyl adjacent to an activating group) is 1. The number of thiophene rings is 1. The van der Waals surface area contributed by atoms with Gasteiger partial charge in [-0.2, -0.15) is 0 Å². The number of likely N-dealkylation sites (tertiary alicyclic amines) is 4. The molecular formula is C107H164N16O2S. The first-order chi connectivity index (χ1) is 61.1. The molecule has 2 unspecified atom stereocenters. The standard InChI is InChI=1S/C15H23NO.C15H21N.C14H22N2O.C14H21N.C13H22N4.C13H20N2.C12H18N2S.C11H17N3/c1-13-3-5-14(6-4-13)15-7-9-16(10-8-15)11-12-17-2;1-3-10-16-11-8-15(9-12-16)14-6-4-13(2)5-7-14;1-12-3-5-14(6-4-12)16-9-7-15(8-10-16)13(2)11-17;1-3-15-10-8-14(9-11-15)13-6-4-12(2)5-7-13;1-11(2)16-5-4-6-17(8-7-16)13-10-14-12(3)9-15-13;1-3-14-8-10-15(11-9-14)13-6-4-12(2)5-7-13;1-10-4-5-12(15-10)14-8-7-13-6-2-3-11(13)9-14;1-9-7-13-11(8-12-9)10-3-5-14(2)6-4-10/h3-6,15H,7-12H2,1-2H3;3-7,15H,1,8-12H2,2H3;3-6,13,17H,7-11H2,1-2H3;4-7,14H,3,8-11H2,1-2H3;9-11H,4-8H2,1-3H3;4-7H,3,8-11H2,1-2H3;4-5,11H,2-3,6-9H2,1H3;7-8,10H,3-6H2,1-2H3. The highest BCUT2D eigenvalue weighted by atomic mass is 32.1. The van der Waals surface area contributed by atoms with E-state index in [1.165, 1.54) is 253 Å². The van der Waals surface area contributed by atoms with Crippen LogP contribution in [0.15, 0.2) is 171 Å². The van der Waals surface area contributed by atoms with E-state index in [0.29, 0.717) is 12.0 Å². The van der Waals surface area contributed by atoms with Crippen molar-refractivity contribution in [3.05, 3.63) is 237 Å². The van der Waals surface area contributed by atoms with Crippen LogP contribution in [0, 0.1) is 55.4 Å². The summed E-state index contributed by atoms with van der Waals surface area (Å²) in [4.78, 5) is 48.7. The zero-order valence-electron chi connectivity index (χ0n) is 80.7. The molecule has 1 N–H and O–H groups in total. The van der Waals surface area contributed by atoms with E-state index in [4.69, 9.17) is 9.84 Å². The summed E-state index contributed by atoms with van der Waals surface area (Å²) in [7, 11) is 3.95. The van der Waals surface area contributed by atoms with Gasteiger partial charge in [0.15, 0.2) is 0 Å². The molecular weight excluding hydrogens is 1570 g/mol. The molecule has 9 saturated heterocycles. The van der Waals surface area contributed by atoms with Gasteiger partial charge >= 0.3 is 0 Å². The number of anilines is 4. The van der Waals surface area contributed by atoms with E-state index in [1.54, 1.807) is 7.11 Å². The van der Waals surface area contributed by atoms with Crippen LogP contribution in [-0.4, -0.2) is 293 Å². The molecule has 9 aliphatic rings. The summed E-state index contributed by atoms with van der Waals surface area (Å²) < 4.78 is 5.13. The Morgan fingerprint density at radius 2 is 0.865 bits per heavy atom. The van der Waals surface area contributed by atoms with E-state index >= 15 is 0 Å². The van der Waals surface area contributed by atoms with Crippen molar-refractivity contribution in [2.75, 3.05) is 230 Å². The molecule has 19 heteroatoms. The number of rotatable bonds is 18. The van der Waals surface area contributed by atoms with E-state index in [2.05, 4.69) is 302 Å². The first kappa shape index (κ1) is 101. The minimum atomic E-state index is 0.254. The highest BCUT2D eigenvalue weighted by Crippen LogP contribution is 2.34. The molecule has 2 atom stereocenters. The van der Waals surface area contributed by atoms with Gasteiger partial charge in [0, 0.05) is 171 Å². The summed E-state index contributed by atoms with van der Waals surface area (Å²) in [5, 5.41) is 10.6. The van der Waals surface area contributed by atoms with Gasteiger partial charge in [-0.05, 0) is 297 Å². The molecule has 0 amide bonds. The Morgan fingerprint density at radius 1 is 0.421 bits per heavy atom. The van der Waals surface area contributed by atoms with Crippen molar-refractivity contribution >= 4 is 33.5 Å². The number of methoxy groups -OCH3 is 1. The van der Waals surface area contributed by atoms with Crippen molar-refractivity contribution in [1.29, 1.82) is 0 Å². The molecule has 3 aromatic heterocycles. The normalized spacial score (nSPS) is 19.8. The van der Waals surface area contributed by atoms with E-state index in [1.807, 2.05) is 56.0 Å². The maximum absolute atomic E-state index is 9.15. The quantitative estimate of drug-likeness (QED) is 0.0820. The zero-order valence-corrected chi connectivity index (χ0v) is 81.6. The number of ether oxygens (including phenoxy) is 1. The number of nitrogens with zero attached hydrogens (tertiary/aromatic N) is 16. The van der Waals surface area contributed by atoms with E-state index in [0.717, 1.165) is 120 Å². The summed E-state index contributed by atoms with van der Waals surface area (Å²) in [6.07, 6.45) is 23.8. The van der Waals surface area contributed by atoms with Crippen molar-refractivity contribution in [1.82, 2.24) is 59.1 Å². The van der Waals surface area contributed by atoms with Crippen molar-refractivity contribution in [3.8, 4) is 0 Å². The number of hydrogen-bond acceptors (Lipinski definition) is 19. The van der Waals surface area contributed by atoms with E-state index in [9.17, 15) is 0 Å². The molecule has 9 aliphatic heterocycles. The average molecular weight is 1740 g/mol. The monoisotopic (exact) mass is 1740 g/mol. The lowest BCUT2D eigenvalue weighted by molar-refractivity contribution is 0.128. The number of piperazine rings is 3. The molecule has 126 heavy (non-hydrogen) atoms. The fourth-order valence-electron chi connectivity index (χ4n) is 18.7. The first-order valence-corrected chi connectivity index (χ1v) is 49.4. The van der Waals surface area contributed by atoms with Gasteiger partial charge in [0.2, 0.25) is 0 Å². The molecule has 5 aromatic carbocycles. The maximum Gasteiger partial charge on any atom is 0.147 e. The lowest BCUT2D eigenvalue weighted by atomic mass is 9.89. The SMILES string of the molecule is C=CCN1CCC(c2ccc(C)cc2)CC1.CCN1CCC(c2ccc(C)cc2)CC1.CCN1CCN(c2ccc(C)cc2)CC1.COCCN1CCC(c2ccc(C)cc2)CC1.Cc1ccc(N2CCN(C(C)CO)CC2)cc1.Cc1ccc(N2CCN3CCCC3C2)s1.Cc1cnc(C2CCN(C)CC2)cn1.Cc1cnc(N2CCCN(C(C)C)CC2)cn1. The van der Waals surface area contributed by atoms with E-state index < -0.39 is 0 Å². The van der Waals surface area contributed by atoms with Gasteiger partial charge in [0.05, 0.1) is 47.7 Å². The number of fused-ring (bicyclic) bond motifs is 1. The number of aliphatic hydroxyl groups is 1. The number of aryl methyl sites for hydroxylation is 8. The number of aliphatic hydroxyl groups excluding tert-OH is 1. The Bertz CT molecular complexity index is 4150. The molecule has 17 rings (SSSR count). The molecule has 8 aromatic rings. The van der Waals surface area contributed by atoms with Gasteiger partial charge in [-0.25, -0.2) is 4.98 Å². The second-order valence-electron chi connectivity index (χ2n) is 37.4. The third-order valence-corrected chi connectivity index (χ3v) is 28.7. The van der Waals surface area contributed by atoms with Gasteiger partial charge in [0.25, 0.3) is 0 Å². The number of hydrogen-bond donors (Lipinski definition) is 1. The fraction of sp³-hybridized carbons (Fsp3) is 0.589. The first-order valence-electron chi connectivity index (χ1n) is 48.6. The molecule has 0 bridgehead atoms. The fourth-order valence-corrected chi connectivity index (χ4v) is 19.6. The molecule has 0 aliphatic carbocycles. The molecule has 0 spiro atoms. The molecule has 12 heterocycles. The van der Waals surface area contributed by atoms with Crippen LogP contribution in [0.2, 0.25) is 0 Å². The summed E-state index contributed by atoms with van der Waals surface area (Å²) in [5.41, 5.74) is 17.1. The average Bonchev–Trinajstić information content (AvgIpc) is 1.74. The van der Waals surface area contributed by atoms with Gasteiger partial charge < -0.3 is 49.0 Å². The highest BCUT2D eigenvalue weighted by molar-refractivity contribution is 7.16. The van der Waals surface area contributed by atoms with Crippen LogP contribution in [0.4, 0.5) is 22.2 Å². The topological polar surface area (TPSA) is 120 Å². The number of benzene rings is 5. The molecule has 0 saturated carbocycles. The van der Waals surface area contributed by atoms with Gasteiger partial charge in [-0.15, -0.1) is 17.9 Å². The molecule has 18 nitrogen and oxygen atoms in total. The summed E-state index contributed by atoms with van der Waals surface area (Å²) in [5.74, 6) is 3.96. The van der Waals surface area contributed by atoms with Gasteiger partial charge in [-0.1, -0.05) is 145 Å². The Labute approximate surface area is 767 Å². The smallest absolute Gasteiger partial charge is 0.147 e. The number of piperidine rings is 4. The highest BCUT2D eigenvalue weighted by Gasteiger charge is 2.32. The minimum Gasteiger partial charge on any atom is -0.395 e. The van der Waals surface area contributed by atoms with Crippen LogP contribution in [-0.2, 0) is 4.74 Å². The Morgan fingerprint density at radius 3 is 1.31 bits per heavy atom. The van der Waals surface area contributed by atoms with Crippen molar-refractivity contribution in [2.45, 2.75) is 202 Å². The summed E-state index contributed by atoms with van der Waals surface area (Å²) in [6, 6.07) is 51.0. The minimum absolute atomic E-state index is 0.254. The van der Waals surface area contributed by atoms with Crippen molar-refractivity contribution in [3.63, 3.8) is 0 Å². The van der Waals surface area contributed by atoms with Crippen LogP contribution in [0.3, 0.4) is 0 Å². The third kappa shape index (κ3) is 33.8. The van der Waals surface area contributed by atoms with Crippen LogP contribution >= 0.6 is 11.3 Å². The summed E-state index contributed by atoms with van der Waals surface area (Å²) in [6.45, 7) is 65.5. The molecule has 690 valence electrons. The second kappa shape index (κ2) is 54.2. The van der Waals surface area contributed by atoms with Crippen LogP contribution in [0.1, 0.15) is 195 Å². The Kier molecular flexibility index (Phi) is 43.3. The van der Waals surface area contributed by atoms with Crippen molar-refractivity contribution in [2.24, 2.45) is 0 Å². The summed E-state index contributed by atoms with van der Waals surface area (Å²) >= 11 is 1.94. The van der Waals surface area contributed by atoms with Crippen LogP contribution in [0.25, 0.3) is 0 Å².